The molecule has 0 aromatic rings. The number of sulfonamides is 1. The van der Waals surface area contributed by atoms with Crippen molar-refractivity contribution in [2.24, 2.45) is 0 Å². The second-order valence-corrected chi connectivity index (χ2v) is 7.06. The lowest BCUT2D eigenvalue weighted by Gasteiger charge is -2.29. The molecule has 0 saturated carbocycles. The van der Waals surface area contributed by atoms with Gasteiger partial charge >= 0.3 is 0 Å². The molecule has 2 N–H and O–H groups in total. The van der Waals surface area contributed by atoms with Crippen LogP contribution in [0.25, 0.3) is 0 Å². The molecule has 2 atom stereocenters. The Morgan fingerprint density at radius 3 is 2.53 bits per heavy atom. The van der Waals surface area contributed by atoms with Crippen LogP contribution in [0.1, 0.15) is 19.8 Å². The van der Waals surface area contributed by atoms with Crippen molar-refractivity contribution in [3.63, 3.8) is 0 Å². The topological polar surface area (TPSA) is 76.7 Å². The van der Waals surface area contributed by atoms with Crippen molar-refractivity contribution in [1.82, 2.24) is 10.0 Å². The number of hydrogen-bond donors (Lipinski definition) is 2. The molecule has 0 amide bonds. The lowest BCUT2D eigenvalue weighted by atomic mass is 9.99. The van der Waals surface area contributed by atoms with Gasteiger partial charge in [-0.05, 0) is 26.3 Å². The van der Waals surface area contributed by atoms with Crippen molar-refractivity contribution in [2.75, 3.05) is 40.5 Å². The molecule has 0 radical (unpaired) electrons. The standard InChI is InChI=1S/C11H24N2O4S.ClH/c1-10(7-16-2)18(14,15)13-8-11(9-17-3)5-4-6-12-11;/h10,12-13H,4-9H2,1-3H3;1H. The molecule has 0 aromatic heterocycles. The van der Waals surface area contributed by atoms with Crippen LogP contribution in [0, 0.1) is 0 Å². The summed E-state index contributed by atoms with van der Waals surface area (Å²) in [7, 11) is -0.211. The first-order valence-corrected chi connectivity index (χ1v) is 7.72. The van der Waals surface area contributed by atoms with Crippen LogP contribution in [0.15, 0.2) is 0 Å². The Kier molecular flexibility index (Phi) is 8.42. The average molecular weight is 317 g/mol. The quantitative estimate of drug-likeness (QED) is 0.666. The number of ether oxygens (including phenoxy) is 2. The Morgan fingerprint density at radius 2 is 2.05 bits per heavy atom. The van der Waals surface area contributed by atoms with E-state index >= 15 is 0 Å². The molecule has 6 nitrogen and oxygen atoms in total. The van der Waals surface area contributed by atoms with Gasteiger partial charge in [0.05, 0.1) is 24.0 Å². The maximum atomic E-state index is 12.0. The maximum Gasteiger partial charge on any atom is 0.216 e. The summed E-state index contributed by atoms with van der Waals surface area (Å²) >= 11 is 0. The van der Waals surface area contributed by atoms with Crippen molar-refractivity contribution in [3.8, 4) is 0 Å². The molecule has 1 heterocycles. The van der Waals surface area contributed by atoms with E-state index < -0.39 is 15.3 Å². The van der Waals surface area contributed by atoms with E-state index in [1.54, 1.807) is 14.0 Å². The molecular weight excluding hydrogens is 292 g/mol. The molecule has 0 aromatic carbocycles. The molecule has 8 heteroatoms. The third kappa shape index (κ3) is 5.53. The maximum absolute atomic E-state index is 12.0. The van der Waals surface area contributed by atoms with Crippen molar-refractivity contribution in [2.45, 2.75) is 30.6 Å². The minimum atomic E-state index is -3.34. The fourth-order valence-electron chi connectivity index (χ4n) is 2.18. The van der Waals surface area contributed by atoms with Gasteiger partial charge < -0.3 is 14.8 Å². The summed E-state index contributed by atoms with van der Waals surface area (Å²) in [5, 5.41) is 2.78. The first-order valence-electron chi connectivity index (χ1n) is 6.17. The molecule has 116 valence electrons. The first kappa shape index (κ1) is 19.1. The molecule has 0 spiro atoms. The van der Waals surface area contributed by atoms with E-state index in [4.69, 9.17) is 9.47 Å². The number of halogens is 1. The van der Waals surface area contributed by atoms with Gasteiger partial charge in [-0.25, -0.2) is 13.1 Å². The first-order chi connectivity index (χ1) is 8.46. The highest BCUT2D eigenvalue weighted by Gasteiger charge is 2.35. The molecule has 1 aliphatic rings. The molecule has 1 aliphatic heterocycles. The monoisotopic (exact) mass is 316 g/mol. The van der Waals surface area contributed by atoms with Crippen LogP contribution in [-0.2, 0) is 19.5 Å². The van der Waals surface area contributed by atoms with Gasteiger partial charge in [0.1, 0.15) is 0 Å². The average Bonchev–Trinajstić information content (AvgIpc) is 2.77. The van der Waals surface area contributed by atoms with Gasteiger partial charge in [0.25, 0.3) is 0 Å². The summed E-state index contributed by atoms with van der Waals surface area (Å²) in [5.74, 6) is 0. The summed E-state index contributed by atoms with van der Waals surface area (Å²) in [6, 6.07) is 0. The Balaban J connectivity index is 0.00000324. The van der Waals surface area contributed by atoms with E-state index in [9.17, 15) is 8.42 Å². The smallest absolute Gasteiger partial charge is 0.216 e. The molecule has 1 fully saturated rings. The number of methoxy groups -OCH3 is 2. The molecule has 0 aliphatic carbocycles. The van der Waals surface area contributed by atoms with Gasteiger partial charge in [-0.2, -0.15) is 0 Å². The van der Waals surface area contributed by atoms with E-state index in [1.165, 1.54) is 7.11 Å². The van der Waals surface area contributed by atoms with Crippen molar-refractivity contribution >= 4 is 22.4 Å². The molecular formula is C11H25ClN2O4S. The van der Waals surface area contributed by atoms with Gasteiger partial charge in [0, 0.05) is 20.8 Å². The predicted octanol–water partition coefficient (Wildman–Crippen LogP) is 0.131. The van der Waals surface area contributed by atoms with Crippen LogP contribution >= 0.6 is 12.4 Å². The zero-order valence-electron chi connectivity index (χ0n) is 11.8. The number of hydrogen-bond acceptors (Lipinski definition) is 5. The van der Waals surface area contributed by atoms with Crippen molar-refractivity contribution in [1.29, 1.82) is 0 Å². The van der Waals surface area contributed by atoms with Crippen LogP contribution in [0.4, 0.5) is 0 Å². The Hall–Kier alpha value is 0.0800. The Morgan fingerprint density at radius 1 is 1.37 bits per heavy atom. The zero-order valence-corrected chi connectivity index (χ0v) is 13.4. The van der Waals surface area contributed by atoms with E-state index in [1.807, 2.05) is 0 Å². The summed E-state index contributed by atoms with van der Waals surface area (Å²) < 4.78 is 36.6. The summed E-state index contributed by atoms with van der Waals surface area (Å²) in [6.45, 7) is 3.60. The highest BCUT2D eigenvalue weighted by molar-refractivity contribution is 7.90. The lowest BCUT2D eigenvalue weighted by Crippen LogP contribution is -2.54. The van der Waals surface area contributed by atoms with Crippen LogP contribution in [0.5, 0.6) is 0 Å². The van der Waals surface area contributed by atoms with Gasteiger partial charge in [-0.3, -0.25) is 0 Å². The Bertz CT molecular complexity index is 345. The third-order valence-corrected chi connectivity index (χ3v) is 5.04. The largest absolute Gasteiger partial charge is 0.383 e. The molecule has 0 bridgehead atoms. The van der Waals surface area contributed by atoms with Gasteiger partial charge in [0.15, 0.2) is 0 Å². The normalized spacial score (nSPS) is 25.0. The fraction of sp³-hybridized carbons (Fsp3) is 1.00. The molecule has 2 unspecified atom stereocenters. The van der Waals surface area contributed by atoms with E-state index in [0.717, 1.165) is 19.4 Å². The van der Waals surface area contributed by atoms with Crippen LogP contribution < -0.4 is 10.0 Å². The minimum Gasteiger partial charge on any atom is -0.383 e. The fourth-order valence-corrected chi connectivity index (χ4v) is 3.25. The van der Waals surface area contributed by atoms with Gasteiger partial charge in [0.2, 0.25) is 10.0 Å². The van der Waals surface area contributed by atoms with Crippen LogP contribution in [-0.4, -0.2) is 59.7 Å². The highest BCUT2D eigenvalue weighted by Crippen LogP contribution is 2.19. The summed E-state index contributed by atoms with van der Waals surface area (Å²) in [6.07, 6.45) is 1.96. The molecule has 1 saturated heterocycles. The van der Waals surface area contributed by atoms with Gasteiger partial charge in [-0.1, -0.05) is 0 Å². The minimum absolute atomic E-state index is 0. The van der Waals surface area contributed by atoms with E-state index in [0.29, 0.717) is 13.2 Å². The number of nitrogens with one attached hydrogen (secondary N) is 2. The predicted molar refractivity (Wildman–Crippen MR) is 77.4 cm³/mol. The summed E-state index contributed by atoms with van der Waals surface area (Å²) in [4.78, 5) is 0. The third-order valence-electron chi connectivity index (χ3n) is 3.30. The molecule has 1 rings (SSSR count). The second kappa shape index (κ2) is 8.39. The second-order valence-electron chi connectivity index (χ2n) is 4.88. The zero-order chi connectivity index (χ0) is 13.6. The van der Waals surface area contributed by atoms with Crippen LogP contribution in [0.2, 0.25) is 0 Å². The van der Waals surface area contributed by atoms with E-state index in [2.05, 4.69) is 10.0 Å². The molecule has 19 heavy (non-hydrogen) atoms. The van der Waals surface area contributed by atoms with E-state index in [-0.39, 0.29) is 24.6 Å². The highest BCUT2D eigenvalue weighted by atomic mass is 35.5. The van der Waals surface area contributed by atoms with Crippen molar-refractivity contribution in [3.05, 3.63) is 0 Å². The lowest BCUT2D eigenvalue weighted by molar-refractivity contribution is 0.122. The van der Waals surface area contributed by atoms with Gasteiger partial charge in [-0.15, -0.1) is 12.4 Å². The van der Waals surface area contributed by atoms with Crippen molar-refractivity contribution < 1.29 is 17.9 Å². The summed E-state index contributed by atoms with van der Waals surface area (Å²) in [5.41, 5.74) is -0.269. The number of rotatable bonds is 8. The SMILES string of the molecule is COCC(C)S(=O)(=O)NCC1(COC)CCCN1.Cl. The van der Waals surface area contributed by atoms with Crippen LogP contribution in [0.3, 0.4) is 0 Å². The Labute approximate surface area is 122 Å².